The van der Waals surface area contributed by atoms with E-state index in [-0.39, 0.29) is 58.1 Å². The van der Waals surface area contributed by atoms with Crippen molar-refractivity contribution in [3.63, 3.8) is 0 Å². The maximum atomic E-state index is 12.6. The largest absolute Gasteiger partial charge is 0.508 e. The Hall–Kier alpha value is -6.35. The molecule has 4 aliphatic heterocycles. The maximum Gasteiger partial charge on any atom is 0.336 e. The fourth-order valence-electron chi connectivity index (χ4n) is 8.30. The molecular formula is C43H45N4O15+. The molecule has 5 aliphatic rings. The maximum absolute atomic E-state index is 12.6. The number of carboxylic acid groups (broad SMARTS) is 1. The summed E-state index contributed by atoms with van der Waals surface area (Å²) in [5, 5.41) is 105. The van der Waals surface area contributed by atoms with E-state index in [9.17, 15) is 50.8 Å². The number of rotatable bonds is 14. The van der Waals surface area contributed by atoms with E-state index >= 15 is 0 Å². The van der Waals surface area contributed by atoms with Crippen LogP contribution in [0.25, 0.3) is 5.76 Å². The SMILES string of the molecule is [NH2+]=C1C=CC([C@@H](O)[C@H](CO)Oc2ccc(C3C=C(O)c4c(cc(O[C@@H]5O[C@H](C(=O)O)[C@](O)(CC6=NC=NC6)[C@@H](O)[C@H]5O)c(OC5(c6cccc(O)c6)CCCC5)c4O)O3)cc2)=N1. The molecule has 1 unspecified atom stereocenters. The number of carbonyl (C=O) groups is 1. The van der Waals surface area contributed by atoms with Crippen molar-refractivity contribution in [1.82, 2.24) is 0 Å². The average Bonchev–Trinajstić information content (AvgIpc) is 4.05. The van der Waals surface area contributed by atoms with Crippen LogP contribution in [0.1, 0.15) is 54.9 Å². The number of benzene rings is 3. The molecule has 3 aromatic rings. The van der Waals surface area contributed by atoms with E-state index in [2.05, 4.69) is 15.0 Å². The minimum Gasteiger partial charge on any atom is -0.508 e. The van der Waals surface area contributed by atoms with Crippen molar-refractivity contribution in [2.75, 3.05) is 13.2 Å². The highest BCUT2D eigenvalue weighted by molar-refractivity contribution is 6.15. The Bertz CT molecular complexity index is 2390. The van der Waals surface area contributed by atoms with Gasteiger partial charge in [-0.05, 0) is 72.1 Å². The van der Waals surface area contributed by atoms with Crippen LogP contribution in [-0.4, -0.2) is 131 Å². The Kier molecular flexibility index (Phi) is 11.5. The summed E-state index contributed by atoms with van der Waals surface area (Å²) in [6.07, 6.45) is -4.43. The summed E-state index contributed by atoms with van der Waals surface area (Å²) in [6.45, 7) is -0.514. The highest BCUT2D eigenvalue weighted by Crippen LogP contribution is 2.55. The Morgan fingerprint density at radius 3 is 2.44 bits per heavy atom. The second kappa shape index (κ2) is 16.8. The van der Waals surface area contributed by atoms with Crippen molar-refractivity contribution in [3.8, 4) is 34.5 Å². The highest BCUT2D eigenvalue weighted by atomic mass is 16.7. The number of fused-ring (bicyclic) bond motifs is 1. The van der Waals surface area contributed by atoms with Crippen LogP contribution in [-0.2, 0) is 15.1 Å². The first-order valence-electron chi connectivity index (χ1n) is 19.8. The number of phenols is 2. The molecule has 4 heterocycles. The van der Waals surface area contributed by atoms with E-state index < -0.39 is 84.6 Å². The van der Waals surface area contributed by atoms with Crippen LogP contribution in [0.5, 0.6) is 34.5 Å². The number of amidine groups is 1. The number of nitrogens with two attached hydrogens (primary N) is 1. The van der Waals surface area contributed by atoms with Crippen LogP contribution in [0, 0.1) is 0 Å². The van der Waals surface area contributed by atoms with Gasteiger partial charge < -0.3 is 69.6 Å². The van der Waals surface area contributed by atoms with Gasteiger partial charge in [0.15, 0.2) is 35.5 Å². The van der Waals surface area contributed by atoms with Gasteiger partial charge in [0.25, 0.3) is 0 Å². The van der Waals surface area contributed by atoms with Crippen molar-refractivity contribution < 1.29 is 79.8 Å². The number of aliphatic carboxylic acids is 1. The first-order chi connectivity index (χ1) is 29.7. The average molecular weight is 858 g/mol. The number of phenolic OH excluding ortho intramolecular Hbond substituents is 2. The number of aliphatic hydroxyl groups is 6. The quantitative estimate of drug-likeness (QED) is 0.107. The van der Waals surface area contributed by atoms with E-state index in [1.165, 1.54) is 42.8 Å². The third kappa shape index (κ3) is 7.96. The molecule has 62 heavy (non-hydrogen) atoms. The highest BCUT2D eigenvalue weighted by Gasteiger charge is 2.59. The normalized spacial score (nSPS) is 27.1. The predicted octanol–water partition coefficient (Wildman–Crippen LogP) is 0.762. The van der Waals surface area contributed by atoms with Crippen LogP contribution in [0.3, 0.4) is 0 Å². The molecule has 2 fully saturated rings. The number of nitrogens with zero attached hydrogens (tertiary/aromatic N) is 3. The van der Waals surface area contributed by atoms with Gasteiger partial charge in [-0.2, -0.15) is 0 Å². The summed E-state index contributed by atoms with van der Waals surface area (Å²) in [5.41, 5.74) is -2.41. The monoisotopic (exact) mass is 857 g/mol. The Labute approximate surface area is 353 Å². The first-order valence-corrected chi connectivity index (χ1v) is 19.8. The molecule has 0 aromatic heterocycles. The number of hydrogen-bond acceptors (Lipinski definition) is 16. The summed E-state index contributed by atoms with van der Waals surface area (Å²) in [6, 6.07) is 13.9. The molecule has 1 saturated carbocycles. The van der Waals surface area contributed by atoms with Gasteiger partial charge in [0, 0.05) is 30.4 Å². The van der Waals surface area contributed by atoms with Crippen LogP contribution >= 0.6 is 0 Å². The van der Waals surface area contributed by atoms with Crippen molar-refractivity contribution in [2.24, 2.45) is 15.0 Å². The topological polar surface area (TPSA) is 308 Å². The van der Waals surface area contributed by atoms with Gasteiger partial charge in [-0.1, -0.05) is 24.3 Å². The molecular weight excluding hydrogens is 812 g/mol. The minimum atomic E-state index is -2.57. The number of ether oxygens (including phenoxy) is 5. The lowest BCUT2D eigenvalue weighted by Gasteiger charge is -2.46. The molecule has 1 saturated heterocycles. The smallest absolute Gasteiger partial charge is 0.336 e. The predicted molar refractivity (Wildman–Crippen MR) is 218 cm³/mol. The summed E-state index contributed by atoms with van der Waals surface area (Å²) in [7, 11) is 0. The van der Waals surface area contributed by atoms with Crippen molar-refractivity contribution in [2.45, 2.75) is 86.2 Å². The number of aromatic hydroxyl groups is 2. The lowest BCUT2D eigenvalue weighted by molar-refractivity contribution is -0.303. The number of aliphatic imine (C=N–C) groups is 3. The molecule has 8 rings (SSSR count). The second-order valence-electron chi connectivity index (χ2n) is 15.6. The van der Waals surface area contributed by atoms with Gasteiger partial charge >= 0.3 is 11.8 Å². The second-order valence-corrected chi connectivity index (χ2v) is 15.6. The summed E-state index contributed by atoms with van der Waals surface area (Å²) >= 11 is 0. The molecule has 19 nitrogen and oxygen atoms in total. The zero-order valence-electron chi connectivity index (χ0n) is 32.9. The minimum absolute atomic E-state index is 0.0335. The van der Waals surface area contributed by atoms with Gasteiger partial charge in [0.05, 0.1) is 13.2 Å². The molecule has 11 N–H and O–H groups in total. The molecule has 0 radical (unpaired) electrons. The van der Waals surface area contributed by atoms with E-state index in [0.717, 1.165) is 0 Å². The van der Waals surface area contributed by atoms with Crippen molar-refractivity contribution in [1.29, 1.82) is 0 Å². The van der Waals surface area contributed by atoms with Gasteiger partial charge in [-0.3, -0.25) is 10.4 Å². The molecule has 326 valence electrons. The number of hydrogen-bond donors (Lipinski definition) is 10. The summed E-state index contributed by atoms with van der Waals surface area (Å²) < 4.78 is 30.6. The van der Waals surface area contributed by atoms with Crippen molar-refractivity contribution >= 4 is 35.3 Å². The fraction of sp³-hybridized carbons (Fsp3) is 0.372. The molecule has 0 bridgehead atoms. The molecule has 0 spiro atoms. The van der Waals surface area contributed by atoms with Gasteiger partial charge in [0.2, 0.25) is 12.0 Å². The molecule has 3 aromatic carbocycles. The van der Waals surface area contributed by atoms with E-state index in [1.54, 1.807) is 36.4 Å². The summed E-state index contributed by atoms with van der Waals surface area (Å²) in [5.74, 6) is -3.21. The zero-order valence-corrected chi connectivity index (χ0v) is 32.9. The Morgan fingerprint density at radius 1 is 1.03 bits per heavy atom. The molecule has 0 amide bonds. The van der Waals surface area contributed by atoms with Crippen molar-refractivity contribution in [3.05, 3.63) is 89.5 Å². The molecule has 19 heteroatoms. The standard InChI is InChI=1S/C43H44N4O15/c44-32-11-10-26(47-32)34(51)31(19-48)58-25-8-6-21(7-9-25)28-15-27(50)33-29(59-28)16-30(37(35(33)52)62-42(12-1-2-13-42)22-4-3-5-24(49)14-22)60-41-36(53)38(54)43(57,39(61-41)40(55)56)17-23-18-45-20-46-23/h3-11,14-16,20,28,31,34,36,38-39,41,44,48-54,57H,1-2,12-13,17-19H2,(H,55,56)/p+1/t28?,31-,34+,36+,38-,39+,41+,43-/m0/s1. The van der Waals surface area contributed by atoms with Gasteiger partial charge in [0.1, 0.15) is 64.4 Å². The molecule has 8 atom stereocenters. The number of carboxylic acids is 1. The summed E-state index contributed by atoms with van der Waals surface area (Å²) in [4.78, 5) is 24.5. The van der Waals surface area contributed by atoms with Crippen LogP contribution in [0.2, 0.25) is 0 Å². The van der Waals surface area contributed by atoms with Crippen LogP contribution in [0.4, 0.5) is 0 Å². The zero-order chi connectivity index (χ0) is 43.9. The lowest BCUT2D eigenvalue weighted by atomic mass is 9.80. The molecule has 1 aliphatic carbocycles. The lowest BCUT2D eigenvalue weighted by Crippen LogP contribution is -2.69. The van der Waals surface area contributed by atoms with Gasteiger partial charge in [-0.15, -0.1) is 0 Å². The first kappa shape index (κ1) is 42.3. The van der Waals surface area contributed by atoms with Crippen LogP contribution < -0.4 is 24.4 Å². The van der Waals surface area contributed by atoms with E-state index in [0.29, 0.717) is 36.8 Å². The third-order valence-electron chi connectivity index (χ3n) is 11.5. The van der Waals surface area contributed by atoms with E-state index in [1.807, 2.05) is 0 Å². The van der Waals surface area contributed by atoms with Gasteiger partial charge in [-0.25, -0.2) is 9.79 Å². The Balaban J connectivity index is 1.12. The van der Waals surface area contributed by atoms with Crippen LogP contribution in [0.15, 0.2) is 87.8 Å². The van der Waals surface area contributed by atoms with E-state index in [4.69, 9.17) is 29.1 Å². The fourth-order valence-corrected chi connectivity index (χ4v) is 8.30. The Morgan fingerprint density at radius 2 is 1.79 bits per heavy atom. The third-order valence-corrected chi connectivity index (χ3v) is 11.5. The number of aliphatic hydroxyl groups excluding tert-OH is 5.